The highest BCUT2D eigenvalue weighted by Crippen LogP contribution is 2.14. The molecule has 0 radical (unpaired) electrons. The lowest BCUT2D eigenvalue weighted by atomic mass is 10.2. The topological polar surface area (TPSA) is 80.9 Å². The molecule has 0 aliphatic rings. The first kappa shape index (κ1) is 13.5. The predicted octanol–water partition coefficient (Wildman–Crippen LogP) is 1.99. The van der Waals surface area contributed by atoms with E-state index in [9.17, 15) is 4.79 Å². The molecule has 19 heavy (non-hydrogen) atoms. The minimum Gasteiger partial charge on any atom is -0.384 e. The molecule has 0 atom stereocenters. The molecular weight excluding hydrogens is 260 g/mol. The van der Waals surface area contributed by atoms with Gasteiger partial charge in [-0.3, -0.25) is 9.78 Å². The number of aromatic nitrogens is 2. The average molecular weight is 276 g/mol. The van der Waals surface area contributed by atoms with Crippen LogP contribution >= 0.6 is 11.3 Å². The number of nitrogens with two attached hydrogens (primary N) is 1. The van der Waals surface area contributed by atoms with Gasteiger partial charge >= 0.3 is 0 Å². The van der Waals surface area contributed by atoms with Crippen LogP contribution < -0.4 is 11.1 Å². The largest absolute Gasteiger partial charge is 0.384 e. The standard InChI is InChI=1S/C13H16N4OS/c1-9-8-19-12(17-9)3-2-5-16-11-4-6-15-7-10(11)13(14)18/h4,6-8H,2-3,5H2,1H3,(H2,14,18)(H,15,16). The number of thiazole rings is 1. The maximum atomic E-state index is 11.2. The van der Waals surface area contributed by atoms with Crippen LogP contribution in [0.3, 0.4) is 0 Å². The summed E-state index contributed by atoms with van der Waals surface area (Å²) in [6, 6.07) is 1.76. The van der Waals surface area contributed by atoms with Crippen LogP contribution in [0, 0.1) is 6.92 Å². The second-order valence-corrected chi connectivity index (χ2v) is 5.14. The average Bonchev–Trinajstić information content (AvgIpc) is 2.81. The Morgan fingerprint density at radius 3 is 3.05 bits per heavy atom. The van der Waals surface area contributed by atoms with Crippen LogP contribution in [0.4, 0.5) is 5.69 Å². The number of amides is 1. The SMILES string of the molecule is Cc1csc(CCCNc2ccncc2C(N)=O)n1. The van der Waals surface area contributed by atoms with Crippen molar-refractivity contribution in [2.45, 2.75) is 19.8 Å². The maximum Gasteiger partial charge on any atom is 0.252 e. The molecular formula is C13H16N4OS. The van der Waals surface area contributed by atoms with Gasteiger partial charge in [-0.05, 0) is 19.4 Å². The van der Waals surface area contributed by atoms with Crippen molar-refractivity contribution in [3.05, 3.63) is 40.1 Å². The zero-order valence-corrected chi connectivity index (χ0v) is 11.5. The minimum absolute atomic E-state index is 0.424. The highest BCUT2D eigenvalue weighted by Gasteiger charge is 2.07. The summed E-state index contributed by atoms with van der Waals surface area (Å²) in [7, 11) is 0. The number of carbonyl (C=O) groups excluding carboxylic acids is 1. The molecule has 2 aromatic heterocycles. The third-order valence-electron chi connectivity index (χ3n) is 2.64. The summed E-state index contributed by atoms with van der Waals surface area (Å²) in [6.45, 7) is 2.76. The smallest absolute Gasteiger partial charge is 0.252 e. The van der Waals surface area contributed by atoms with Crippen molar-refractivity contribution in [1.29, 1.82) is 0 Å². The molecule has 0 aromatic carbocycles. The number of hydrogen-bond acceptors (Lipinski definition) is 5. The Morgan fingerprint density at radius 1 is 1.53 bits per heavy atom. The van der Waals surface area contributed by atoms with Crippen LogP contribution in [0.15, 0.2) is 23.8 Å². The van der Waals surface area contributed by atoms with Gasteiger partial charge in [-0.2, -0.15) is 0 Å². The van der Waals surface area contributed by atoms with E-state index in [-0.39, 0.29) is 0 Å². The molecule has 3 N–H and O–H groups in total. The molecule has 2 aromatic rings. The van der Waals surface area contributed by atoms with Crippen LogP contribution in [0.1, 0.15) is 27.5 Å². The predicted molar refractivity (Wildman–Crippen MR) is 76.4 cm³/mol. The summed E-state index contributed by atoms with van der Waals surface area (Å²) in [6.07, 6.45) is 5.00. The number of rotatable bonds is 6. The Hall–Kier alpha value is -1.95. The van der Waals surface area contributed by atoms with Crippen molar-refractivity contribution in [3.8, 4) is 0 Å². The number of carbonyl (C=O) groups is 1. The molecule has 2 heterocycles. The molecule has 0 fully saturated rings. The van der Waals surface area contributed by atoms with Gasteiger partial charge in [-0.15, -0.1) is 11.3 Å². The number of pyridine rings is 1. The zero-order valence-electron chi connectivity index (χ0n) is 10.7. The van der Waals surface area contributed by atoms with Crippen molar-refractivity contribution in [2.24, 2.45) is 5.73 Å². The lowest BCUT2D eigenvalue weighted by molar-refractivity contribution is 0.100. The molecule has 5 nitrogen and oxygen atoms in total. The Bertz CT molecular complexity index is 567. The fraction of sp³-hybridized carbons (Fsp3) is 0.308. The molecule has 100 valence electrons. The van der Waals surface area contributed by atoms with Crippen molar-refractivity contribution in [1.82, 2.24) is 9.97 Å². The van der Waals surface area contributed by atoms with E-state index < -0.39 is 5.91 Å². The highest BCUT2D eigenvalue weighted by molar-refractivity contribution is 7.09. The van der Waals surface area contributed by atoms with Crippen LogP contribution in [-0.2, 0) is 6.42 Å². The molecule has 0 saturated carbocycles. The molecule has 0 spiro atoms. The van der Waals surface area contributed by atoms with E-state index >= 15 is 0 Å². The summed E-state index contributed by atoms with van der Waals surface area (Å²) >= 11 is 1.68. The molecule has 6 heteroatoms. The van der Waals surface area contributed by atoms with Gasteiger partial charge in [0, 0.05) is 36.4 Å². The number of aryl methyl sites for hydroxylation is 2. The number of nitrogens with zero attached hydrogens (tertiary/aromatic N) is 2. The maximum absolute atomic E-state index is 11.2. The first-order chi connectivity index (χ1) is 9.16. The number of nitrogens with one attached hydrogen (secondary N) is 1. The quantitative estimate of drug-likeness (QED) is 0.791. The first-order valence-electron chi connectivity index (χ1n) is 6.05. The van der Waals surface area contributed by atoms with E-state index in [4.69, 9.17) is 5.73 Å². The van der Waals surface area contributed by atoms with Crippen molar-refractivity contribution >= 4 is 22.9 Å². The summed E-state index contributed by atoms with van der Waals surface area (Å²) in [5.74, 6) is -0.467. The van der Waals surface area contributed by atoms with E-state index in [0.717, 1.165) is 35.8 Å². The minimum atomic E-state index is -0.467. The normalized spacial score (nSPS) is 10.4. The Labute approximate surface area is 115 Å². The molecule has 0 saturated heterocycles. The fourth-order valence-electron chi connectivity index (χ4n) is 1.73. The van der Waals surface area contributed by atoms with Gasteiger partial charge in [0.05, 0.1) is 16.3 Å². The lowest BCUT2D eigenvalue weighted by Gasteiger charge is -2.08. The second-order valence-electron chi connectivity index (χ2n) is 4.20. The van der Waals surface area contributed by atoms with Gasteiger partial charge < -0.3 is 11.1 Å². The van der Waals surface area contributed by atoms with Crippen LogP contribution in [0.2, 0.25) is 0 Å². The van der Waals surface area contributed by atoms with E-state index in [0.29, 0.717) is 5.56 Å². The fourth-order valence-corrected chi connectivity index (χ4v) is 2.54. The van der Waals surface area contributed by atoms with Crippen molar-refractivity contribution < 1.29 is 4.79 Å². The Kier molecular flexibility index (Phi) is 4.46. The van der Waals surface area contributed by atoms with E-state index in [1.54, 1.807) is 23.6 Å². The molecule has 0 aliphatic carbocycles. The Morgan fingerprint density at radius 2 is 2.37 bits per heavy atom. The summed E-state index contributed by atoms with van der Waals surface area (Å²) in [5, 5.41) is 6.40. The highest BCUT2D eigenvalue weighted by atomic mass is 32.1. The molecule has 2 rings (SSSR count). The molecule has 1 amide bonds. The molecule has 0 unspecified atom stereocenters. The van der Waals surface area contributed by atoms with Gasteiger partial charge in [0.25, 0.3) is 5.91 Å². The lowest BCUT2D eigenvalue weighted by Crippen LogP contribution is -2.15. The van der Waals surface area contributed by atoms with E-state index in [1.807, 2.05) is 6.92 Å². The number of hydrogen-bond donors (Lipinski definition) is 2. The number of anilines is 1. The van der Waals surface area contributed by atoms with Gasteiger partial charge in [0.2, 0.25) is 0 Å². The third kappa shape index (κ3) is 3.75. The van der Waals surface area contributed by atoms with Crippen molar-refractivity contribution in [3.63, 3.8) is 0 Å². The number of primary amides is 1. The zero-order chi connectivity index (χ0) is 13.7. The molecule has 0 bridgehead atoms. The third-order valence-corrected chi connectivity index (χ3v) is 3.66. The van der Waals surface area contributed by atoms with Gasteiger partial charge in [0.15, 0.2) is 0 Å². The molecule has 0 aliphatic heterocycles. The summed E-state index contributed by atoms with van der Waals surface area (Å²) in [4.78, 5) is 19.5. The van der Waals surface area contributed by atoms with Gasteiger partial charge in [0.1, 0.15) is 0 Å². The monoisotopic (exact) mass is 276 g/mol. The van der Waals surface area contributed by atoms with Gasteiger partial charge in [-0.25, -0.2) is 4.98 Å². The first-order valence-corrected chi connectivity index (χ1v) is 6.93. The van der Waals surface area contributed by atoms with Gasteiger partial charge in [-0.1, -0.05) is 0 Å². The van der Waals surface area contributed by atoms with E-state index in [2.05, 4.69) is 20.7 Å². The second kappa shape index (κ2) is 6.29. The van der Waals surface area contributed by atoms with Crippen LogP contribution in [0.5, 0.6) is 0 Å². The van der Waals surface area contributed by atoms with E-state index in [1.165, 1.54) is 6.20 Å². The van der Waals surface area contributed by atoms with Crippen molar-refractivity contribution in [2.75, 3.05) is 11.9 Å². The summed E-state index contributed by atoms with van der Waals surface area (Å²) in [5.41, 5.74) is 7.51. The van der Waals surface area contributed by atoms with Crippen LogP contribution in [0.25, 0.3) is 0 Å². The summed E-state index contributed by atoms with van der Waals surface area (Å²) < 4.78 is 0. The van der Waals surface area contributed by atoms with Crippen LogP contribution in [-0.4, -0.2) is 22.4 Å². The Balaban J connectivity index is 1.84.